The summed E-state index contributed by atoms with van der Waals surface area (Å²) >= 11 is 0. The Kier molecular flexibility index (Phi) is 5.63. The number of nitrogens with one attached hydrogen (secondary N) is 1. The van der Waals surface area contributed by atoms with E-state index in [0.717, 1.165) is 16.7 Å². The Morgan fingerprint density at radius 2 is 1.38 bits per heavy atom. The quantitative estimate of drug-likeness (QED) is 0.585. The van der Waals surface area contributed by atoms with E-state index in [9.17, 15) is 22.8 Å². The van der Waals surface area contributed by atoms with Crippen LogP contribution in [0.1, 0.15) is 26.3 Å². The van der Waals surface area contributed by atoms with Gasteiger partial charge in [0.25, 0.3) is 11.8 Å². The maximum atomic E-state index is 13.3. The molecule has 0 saturated heterocycles. The van der Waals surface area contributed by atoms with Crippen LogP contribution in [0.5, 0.6) is 0 Å². The van der Waals surface area contributed by atoms with Crippen molar-refractivity contribution in [3.63, 3.8) is 0 Å². The molecule has 32 heavy (non-hydrogen) atoms. The molecule has 3 aromatic rings. The highest BCUT2D eigenvalue weighted by molar-refractivity contribution is 7.90. The van der Waals surface area contributed by atoms with Crippen molar-refractivity contribution in [2.45, 2.75) is 17.4 Å². The van der Waals surface area contributed by atoms with Crippen molar-refractivity contribution >= 4 is 33.2 Å². The molecule has 0 radical (unpaired) electrons. The first-order chi connectivity index (χ1) is 15.3. The van der Waals surface area contributed by atoms with Gasteiger partial charge in [-0.15, -0.1) is 0 Å². The van der Waals surface area contributed by atoms with Gasteiger partial charge < -0.3 is 5.32 Å². The van der Waals surface area contributed by atoms with Gasteiger partial charge in [-0.25, -0.2) is 8.42 Å². The highest BCUT2D eigenvalue weighted by Crippen LogP contribution is 2.27. The van der Waals surface area contributed by atoms with Gasteiger partial charge in [0.05, 0.1) is 16.0 Å². The molecule has 1 aliphatic heterocycles. The molecule has 1 atom stereocenters. The zero-order chi connectivity index (χ0) is 22.9. The maximum absolute atomic E-state index is 13.3. The van der Waals surface area contributed by atoms with Crippen molar-refractivity contribution in [1.82, 2.24) is 4.90 Å². The van der Waals surface area contributed by atoms with Gasteiger partial charge in [0, 0.05) is 18.4 Å². The third kappa shape index (κ3) is 4.17. The highest BCUT2D eigenvalue weighted by atomic mass is 32.2. The van der Waals surface area contributed by atoms with Gasteiger partial charge in [-0.1, -0.05) is 42.5 Å². The van der Waals surface area contributed by atoms with Crippen molar-refractivity contribution in [3.8, 4) is 0 Å². The number of fused-ring (bicyclic) bond motifs is 1. The summed E-state index contributed by atoms with van der Waals surface area (Å²) in [5.74, 6) is -1.58. The Balaban J connectivity index is 1.65. The minimum Gasteiger partial charge on any atom is -0.324 e. The van der Waals surface area contributed by atoms with E-state index in [0.29, 0.717) is 5.69 Å². The molecule has 0 aliphatic carbocycles. The van der Waals surface area contributed by atoms with Gasteiger partial charge in [0.15, 0.2) is 9.84 Å². The molecule has 4 rings (SSSR count). The number of hydrogen-bond acceptors (Lipinski definition) is 5. The number of benzene rings is 3. The minimum atomic E-state index is -3.37. The van der Waals surface area contributed by atoms with Crippen LogP contribution in [0.25, 0.3) is 0 Å². The molecule has 0 bridgehead atoms. The Hall–Kier alpha value is -3.78. The van der Waals surface area contributed by atoms with E-state index < -0.39 is 33.6 Å². The fraction of sp³-hybridized carbons (Fsp3) is 0.125. The summed E-state index contributed by atoms with van der Waals surface area (Å²) < 4.78 is 23.3. The van der Waals surface area contributed by atoms with Crippen LogP contribution in [-0.4, -0.2) is 43.3 Å². The first kappa shape index (κ1) is 21.5. The molecule has 1 heterocycles. The normalized spacial score (nSPS) is 14.2. The van der Waals surface area contributed by atoms with Gasteiger partial charge in [-0.05, 0) is 42.0 Å². The molecular formula is C24H20N2O5S. The molecule has 0 unspecified atom stereocenters. The minimum absolute atomic E-state index is 0.122. The van der Waals surface area contributed by atoms with Crippen molar-refractivity contribution in [2.75, 3.05) is 11.6 Å². The van der Waals surface area contributed by atoms with E-state index in [1.807, 2.05) is 30.3 Å². The lowest BCUT2D eigenvalue weighted by Gasteiger charge is -2.25. The number of sulfone groups is 1. The smallest absolute Gasteiger partial charge is 0.262 e. The third-order valence-electron chi connectivity index (χ3n) is 5.26. The Bertz CT molecular complexity index is 1270. The zero-order valence-electron chi connectivity index (χ0n) is 17.2. The summed E-state index contributed by atoms with van der Waals surface area (Å²) in [6, 6.07) is 20.2. The molecule has 0 saturated carbocycles. The average Bonchev–Trinajstić information content (AvgIpc) is 3.03. The molecule has 0 fully saturated rings. The summed E-state index contributed by atoms with van der Waals surface area (Å²) in [6.07, 6.45) is 1.23. The van der Waals surface area contributed by atoms with Crippen LogP contribution >= 0.6 is 0 Å². The van der Waals surface area contributed by atoms with Crippen LogP contribution in [0.3, 0.4) is 0 Å². The zero-order valence-corrected chi connectivity index (χ0v) is 18.0. The number of hydrogen-bond donors (Lipinski definition) is 1. The van der Waals surface area contributed by atoms with E-state index in [-0.39, 0.29) is 22.4 Å². The Morgan fingerprint density at radius 1 is 0.844 bits per heavy atom. The van der Waals surface area contributed by atoms with Crippen LogP contribution in [0.4, 0.5) is 5.69 Å². The second-order valence-electron chi connectivity index (χ2n) is 7.52. The molecule has 1 aliphatic rings. The number of carbonyl (C=O) groups is 3. The monoisotopic (exact) mass is 448 g/mol. The van der Waals surface area contributed by atoms with Crippen LogP contribution in [0.15, 0.2) is 83.8 Å². The standard InChI is InChI=1S/C24H20N2O5S/c1-32(30,31)18-13-11-17(12-14-18)25-22(27)21(15-16-7-3-2-4-8-16)26-23(28)19-9-5-6-10-20(19)24(26)29/h2-14,21H,15H2,1H3,(H,25,27)/t21-/m0/s1. The van der Waals surface area contributed by atoms with Crippen LogP contribution in [0, 0.1) is 0 Å². The molecule has 3 aromatic carbocycles. The Labute approximate surface area is 185 Å². The number of amides is 3. The highest BCUT2D eigenvalue weighted by Gasteiger charge is 2.42. The van der Waals surface area contributed by atoms with Gasteiger partial charge in [-0.3, -0.25) is 19.3 Å². The SMILES string of the molecule is CS(=O)(=O)c1ccc(NC(=O)[C@H](Cc2ccccc2)N2C(=O)c3ccccc3C2=O)cc1. The van der Waals surface area contributed by atoms with Crippen LogP contribution in [0.2, 0.25) is 0 Å². The predicted octanol–water partition coefficient (Wildman–Crippen LogP) is 2.94. The molecule has 8 heteroatoms. The topological polar surface area (TPSA) is 101 Å². The second-order valence-corrected chi connectivity index (χ2v) is 9.53. The van der Waals surface area contributed by atoms with E-state index in [1.54, 1.807) is 24.3 Å². The first-order valence-electron chi connectivity index (χ1n) is 9.87. The van der Waals surface area contributed by atoms with Crippen LogP contribution < -0.4 is 5.32 Å². The van der Waals surface area contributed by atoms with Crippen molar-refractivity contribution in [2.24, 2.45) is 0 Å². The third-order valence-corrected chi connectivity index (χ3v) is 6.39. The lowest BCUT2D eigenvalue weighted by Crippen LogP contribution is -2.48. The van der Waals surface area contributed by atoms with Gasteiger partial charge in [0.1, 0.15) is 6.04 Å². The molecule has 162 valence electrons. The lowest BCUT2D eigenvalue weighted by atomic mass is 10.0. The van der Waals surface area contributed by atoms with E-state index in [1.165, 1.54) is 24.3 Å². The van der Waals surface area contributed by atoms with Gasteiger partial charge in [-0.2, -0.15) is 0 Å². The summed E-state index contributed by atoms with van der Waals surface area (Å²) in [5, 5.41) is 2.71. The fourth-order valence-electron chi connectivity index (χ4n) is 3.64. The van der Waals surface area contributed by atoms with Crippen molar-refractivity contribution < 1.29 is 22.8 Å². The summed E-state index contributed by atoms with van der Waals surface area (Å²) in [4.78, 5) is 40.4. The molecule has 3 amide bonds. The number of carbonyl (C=O) groups excluding carboxylic acids is 3. The van der Waals surface area contributed by atoms with Crippen molar-refractivity contribution in [3.05, 3.63) is 95.6 Å². The number of rotatable bonds is 6. The van der Waals surface area contributed by atoms with E-state index in [2.05, 4.69) is 5.32 Å². The largest absolute Gasteiger partial charge is 0.324 e. The molecule has 0 aromatic heterocycles. The summed E-state index contributed by atoms with van der Waals surface area (Å²) in [6.45, 7) is 0. The van der Waals surface area contributed by atoms with Crippen LogP contribution in [-0.2, 0) is 21.1 Å². The van der Waals surface area contributed by atoms with Gasteiger partial charge in [0.2, 0.25) is 5.91 Å². The molecular weight excluding hydrogens is 428 g/mol. The molecule has 7 nitrogen and oxygen atoms in total. The van der Waals surface area contributed by atoms with Crippen molar-refractivity contribution in [1.29, 1.82) is 0 Å². The molecule has 0 spiro atoms. The number of anilines is 1. The average molecular weight is 449 g/mol. The van der Waals surface area contributed by atoms with E-state index in [4.69, 9.17) is 0 Å². The lowest BCUT2D eigenvalue weighted by molar-refractivity contribution is -0.119. The summed E-state index contributed by atoms with van der Waals surface area (Å²) in [7, 11) is -3.37. The second kappa shape index (κ2) is 8.39. The van der Waals surface area contributed by atoms with Gasteiger partial charge >= 0.3 is 0 Å². The fourth-order valence-corrected chi connectivity index (χ4v) is 4.27. The molecule has 1 N–H and O–H groups in total. The number of imide groups is 1. The first-order valence-corrected chi connectivity index (χ1v) is 11.8. The van der Waals surface area contributed by atoms with E-state index >= 15 is 0 Å². The summed E-state index contributed by atoms with van der Waals surface area (Å²) in [5.41, 5.74) is 1.68. The predicted molar refractivity (Wildman–Crippen MR) is 119 cm³/mol. The Morgan fingerprint density at radius 3 is 1.91 bits per heavy atom. The number of nitrogens with zero attached hydrogens (tertiary/aromatic N) is 1. The maximum Gasteiger partial charge on any atom is 0.262 e.